The summed E-state index contributed by atoms with van der Waals surface area (Å²) in [5, 5.41) is 0.151. The lowest BCUT2D eigenvalue weighted by atomic mass is 10.1. The third-order valence-electron chi connectivity index (χ3n) is 2.07. The van der Waals surface area contributed by atoms with Crippen LogP contribution in [0.3, 0.4) is 0 Å². The van der Waals surface area contributed by atoms with E-state index in [9.17, 15) is 13.2 Å². The first kappa shape index (κ1) is 14.2. The van der Waals surface area contributed by atoms with Crippen LogP contribution in [0.5, 0.6) is 0 Å². The summed E-state index contributed by atoms with van der Waals surface area (Å²) in [5.41, 5.74) is 0.637. The van der Waals surface area contributed by atoms with Gasteiger partial charge in [0, 0.05) is 13.0 Å². The zero-order valence-corrected chi connectivity index (χ0v) is 11.2. The molecule has 4 nitrogen and oxygen atoms in total. The number of hydrogen-bond donors (Lipinski definition) is 1. The van der Waals surface area contributed by atoms with E-state index in [0.29, 0.717) is 5.56 Å². The van der Waals surface area contributed by atoms with Gasteiger partial charge in [-0.15, -0.1) is 0 Å². The van der Waals surface area contributed by atoms with E-state index in [4.69, 9.17) is 11.6 Å². The van der Waals surface area contributed by atoms with Crippen molar-refractivity contribution in [2.45, 2.75) is 25.2 Å². The lowest BCUT2D eigenvalue weighted by Crippen LogP contribution is -2.23. The van der Waals surface area contributed by atoms with Gasteiger partial charge >= 0.3 is 0 Å². The van der Waals surface area contributed by atoms with Crippen molar-refractivity contribution in [3.63, 3.8) is 0 Å². The second-order valence-electron chi connectivity index (χ2n) is 3.64. The van der Waals surface area contributed by atoms with Crippen molar-refractivity contribution in [1.29, 1.82) is 0 Å². The van der Waals surface area contributed by atoms with Crippen molar-refractivity contribution >= 4 is 27.4 Å². The molecule has 0 aromatic heterocycles. The summed E-state index contributed by atoms with van der Waals surface area (Å²) in [4.78, 5) is 11.0. The standard InChI is InChI=1S/C11H14ClNO3S/c1-3-13-17(15,16)11-7-9(6-8(2)14)4-5-10(11)12/h4-5,7,13H,3,6H2,1-2H3. The number of nitrogens with one attached hydrogen (secondary N) is 1. The fourth-order valence-electron chi connectivity index (χ4n) is 1.42. The maximum atomic E-state index is 11.8. The van der Waals surface area contributed by atoms with Gasteiger partial charge in [0.05, 0.1) is 5.02 Å². The third kappa shape index (κ3) is 3.80. The van der Waals surface area contributed by atoms with E-state index in [2.05, 4.69) is 4.72 Å². The average molecular weight is 276 g/mol. The van der Waals surface area contributed by atoms with Gasteiger partial charge in [-0.1, -0.05) is 24.6 Å². The molecule has 0 aliphatic rings. The Balaban J connectivity index is 3.19. The summed E-state index contributed by atoms with van der Waals surface area (Å²) >= 11 is 5.85. The smallest absolute Gasteiger partial charge is 0.242 e. The lowest BCUT2D eigenvalue weighted by molar-refractivity contribution is -0.116. The molecule has 17 heavy (non-hydrogen) atoms. The highest BCUT2D eigenvalue weighted by Crippen LogP contribution is 2.22. The number of carbonyl (C=O) groups is 1. The van der Waals surface area contributed by atoms with Crippen LogP contribution in [-0.2, 0) is 21.2 Å². The molecule has 6 heteroatoms. The van der Waals surface area contributed by atoms with Crippen LogP contribution in [0.4, 0.5) is 0 Å². The van der Waals surface area contributed by atoms with Gasteiger partial charge in [0.1, 0.15) is 10.7 Å². The molecular weight excluding hydrogens is 262 g/mol. The number of benzene rings is 1. The molecule has 1 rings (SSSR count). The molecule has 94 valence electrons. The zero-order valence-electron chi connectivity index (χ0n) is 9.66. The predicted octanol–water partition coefficient (Wildman–Crippen LogP) is 1.77. The maximum absolute atomic E-state index is 11.8. The van der Waals surface area contributed by atoms with Crippen molar-refractivity contribution in [2.75, 3.05) is 6.54 Å². The van der Waals surface area contributed by atoms with E-state index in [1.54, 1.807) is 13.0 Å². The molecule has 1 aromatic rings. The second kappa shape index (κ2) is 5.62. The van der Waals surface area contributed by atoms with Crippen LogP contribution in [0.2, 0.25) is 5.02 Å². The van der Waals surface area contributed by atoms with Gasteiger partial charge in [0.25, 0.3) is 0 Å². The summed E-state index contributed by atoms with van der Waals surface area (Å²) in [6.45, 7) is 3.42. The van der Waals surface area contributed by atoms with E-state index in [1.807, 2.05) is 0 Å². The van der Waals surface area contributed by atoms with Crippen LogP contribution in [0.1, 0.15) is 19.4 Å². The summed E-state index contributed by atoms with van der Waals surface area (Å²) in [6.07, 6.45) is 0.200. The monoisotopic (exact) mass is 275 g/mol. The Morgan fingerprint density at radius 3 is 2.59 bits per heavy atom. The van der Waals surface area contributed by atoms with Gasteiger partial charge in [-0.2, -0.15) is 0 Å². The fraction of sp³-hybridized carbons (Fsp3) is 0.364. The van der Waals surface area contributed by atoms with Gasteiger partial charge < -0.3 is 0 Å². The topological polar surface area (TPSA) is 63.2 Å². The number of ketones is 1. The molecule has 0 saturated carbocycles. The number of carbonyl (C=O) groups excluding carboxylic acids is 1. The average Bonchev–Trinajstić information content (AvgIpc) is 2.20. The molecule has 1 aromatic carbocycles. The van der Waals surface area contributed by atoms with E-state index in [1.165, 1.54) is 19.1 Å². The minimum Gasteiger partial charge on any atom is -0.300 e. The molecule has 0 heterocycles. The largest absolute Gasteiger partial charge is 0.300 e. The van der Waals surface area contributed by atoms with Gasteiger partial charge in [-0.3, -0.25) is 4.79 Å². The number of hydrogen-bond acceptors (Lipinski definition) is 3. The van der Waals surface area contributed by atoms with Gasteiger partial charge in [0.2, 0.25) is 10.0 Å². The van der Waals surface area contributed by atoms with E-state index < -0.39 is 10.0 Å². The quantitative estimate of drug-likeness (QED) is 0.891. The zero-order chi connectivity index (χ0) is 13.1. The van der Waals surface area contributed by atoms with E-state index >= 15 is 0 Å². The second-order valence-corrected chi connectivity index (χ2v) is 5.79. The first-order valence-corrected chi connectivity index (χ1v) is 7.00. The molecule has 0 aliphatic heterocycles. The van der Waals surface area contributed by atoms with Crippen molar-refractivity contribution in [3.8, 4) is 0 Å². The molecule has 1 N–H and O–H groups in total. The van der Waals surface area contributed by atoms with Crippen LogP contribution in [0, 0.1) is 0 Å². The Morgan fingerprint density at radius 2 is 2.06 bits per heavy atom. The lowest BCUT2D eigenvalue weighted by Gasteiger charge is -2.08. The number of sulfonamides is 1. The highest BCUT2D eigenvalue weighted by molar-refractivity contribution is 7.89. The highest BCUT2D eigenvalue weighted by Gasteiger charge is 2.17. The van der Waals surface area contributed by atoms with E-state index in [-0.39, 0.29) is 28.7 Å². The molecule has 0 bridgehead atoms. The molecule has 0 fully saturated rings. The first-order valence-electron chi connectivity index (χ1n) is 5.14. The Bertz CT molecular complexity index is 526. The first-order chi connectivity index (χ1) is 7.86. The molecule has 0 aliphatic carbocycles. The van der Waals surface area contributed by atoms with E-state index in [0.717, 1.165) is 0 Å². The number of Topliss-reactive ketones (excluding diaryl/α,β-unsaturated/α-hetero) is 1. The maximum Gasteiger partial charge on any atom is 0.242 e. The van der Waals surface area contributed by atoms with Crippen LogP contribution in [0.15, 0.2) is 23.1 Å². The normalized spacial score (nSPS) is 11.5. The Hall–Kier alpha value is -0.910. The molecule has 0 spiro atoms. The number of halogens is 1. The molecule has 0 amide bonds. The highest BCUT2D eigenvalue weighted by atomic mass is 35.5. The Kier molecular flexibility index (Phi) is 4.68. The summed E-state index contributed by atoms with van der Waals surface area (Å²) in [6, 6.07) is 4.57. The van der Waals surface area contributed by atoms with Crippen LogP contribution < -0.4 is 4.72 Å². The fourth-order valence-corrected chi connectivity index (χ4v) is 3.01. The molecule has 0 unspecified atom stereocenters. The third-order valence-corrected chi connectivity index (χ3v) is 4.10. The number of rotatable bonds is 5. The molecule has 0 saturated heterocycles. The Labute approximate surface area is 106 Å². The SMILES string of the molecule is CCNS(=O)(=O)c1cc(CC(C)=O)ccc1Cl. The van der Waals surface area contributed by atoms with Crippen molar-refractivity contribution < 1.29 is 13.2 Å². The minimum atomic E-state index is -3.59. The van der Waals surface area contributed by atoms with Crippen molar-refractivity contribution in [2.24, 2.45) is 0 Å². The van der Waals surface area contributed by atoms with Crippen molar-refractivity contribution in [1.82, 2.24) is 4.72 Å². The van der Waals surface area contributed by atoms with Crippen LogP contribution >= 0.6 is 11.6 Å². The van der Waals surface area contributed by atoms with Crippen LogP contribution in [0.25, 0.3) is 0 Å². The Morgan fingerprint density at radius 1 is 1.41 bits per heavy atom. The summed E-state index contributed by atoms with van der Waals surface area (Å²) in [5.74, 6) is -0.0286. The summed E-state index contributed by atoms with van der Waals surface area (Å²) in [7, 11) is -3.59. The molecular formula is C11H14ClNO3S. The van der Waals surface area contributed by atoms with Crippen molar-refractivity contribution in [3.05, 3.63) is 28.8 Å². The minimum absolute atomic E-state index is 0.0137. The molecule has 0 radical (unpaired) electrons. The van der Waals surface area contributed by atoms with Gasteiger partial charge in [-0.25, -0.2) is 13.1 Å². The van der Waals surface area contributed by atoms with Gasteiger partial charge in [0.15, 0.2) is 0 Å². The molecule has 0 atom stereocenters. The van der Waals surface area contributed by atoms with Crippen LogP contribution in [-0.4, -0.2) is 20.7 Å². The summed E-state index contributed by atoms with van der Waals surface area (Å²) < 4.78 is 26.0. The van der Waals surface area contributed by atoms with Gasteiger partial charge in [-0.05, 0) is 24.6 Å². The predicted molar refractivity (Wildman–Crippen MR) is 66.7 cm³/mol.